The van der Waals surface area contributed by atoms with Crippen molar-refractivity contribution in [2.45, 2.75) is 13.1 Å². The van der Waals surface area contributed by atoms with Crippen LogP contribution in [0.1, 0.15) is 0 Å². The molecule has 2 heterocycles. The van der Waals surface area contributed by atoms with E-state index in [1.807, 2.05) is 60.7 Å². The zero-order valence-electron chi connectivity index (χ0n) is 25.3. The topological polar surface area (TPSA) is 38.7 Å². The number of benzene rings is 6. The van der Waals surface area contributed by atoms with Crippen LogP contribution in [0.4, 0.5) is 0 Å². The molecule has 1 aliphatic heterocycles. The Bertz CT molecular complexity index is 2110. The van der Waals surface area contributed by atoms with Crippen molar-refractivity contribution >= 4 is 18.4 Å². The van der Waals surface area contributed by atoms with Gasteiger partial charge in [0, 0.05) is 16.7 Å². The smallest absolute Gasteiger partial charge is 0.164 e. The fourth-order valence-corrected chi connectivity index (χ4v) is 9.68. The molecule has 1 aliphatic rings. The Kier molecular flexibility index (Phi) is 6.58. The van der Waals surface area contributed by atoms with Crippen LogP contribution in [-0.4, -0.2) is 23.0 Å². The summed E-state index contributed by atoms with van der Waals surface area (Å²) in [6.45, 7) is 4.92. The van der Waals surface area contributed by atoms with Crippen molar-refractivity contribution in [2.75, 3.05) is 0 Å². The van der Waals surface area contributed by atoms with Crippen LogP contribution < -0.4 is 10.4 Å². The summed E-state index contributed by atoms with van der Waals surface area (Å²) in [5.74, 6) is 1.98. The van der Waals surface area contributed by atoms with Gasteiger partial charge in [-0.3, -0.25) is 0 Å². The molecule has 7 aromatic rings. The molecule has 0 unspecified atom stereocenters. The van der Waals surface area contributed by atoms with Crippen molar-refractivity contribution in [3.05, 3.63) is 152 Å². The highest BCUT2D eigenvalue weighted by molar-refractivity contribution is 7.03. The van der Waals surface area contributed by atoms with Crippen LogP contribution in [0.15, 0.2) is 152 Å². The molecular formula is C41H31N3Si. The van der Waals surface area contributed by atoms with Crippen molar-refractivity contribution in [2.24, 2.45) is 0 Å². The molecule has 6 aromatic carbocycles. The first kappa shape index (κ1) is 27.1. The van der Waals surface area contributed by atoms with E-state index in [0.29, 0.717) is 17.5 Å². The molecule has 0 spiro atoms. The summed E-state index contributed by atoms with van der Waals surface area (Å²) in [4.78, 5) is 14.9. The molecule has 8 rings (SSSR count). The Morgan fingerprint density at radius 3 is 1.44 bits per heavy atom. The maximum Gasteiger partial charge on any atom is 0.164 e. The second kappa shape index (κ2) is 10.9. The Balaban J connectivity index is 1.19. The van der Waals surface area contributed by atoms with Crippen molar-refractivity contribution in [3.63, 3.8) is 0 Å². The maximum absolute atomic E-state index is 5.00. The Morgan fingerprint density at radius 1 is 0.333 bits per heavy atom. The molecule has 1 aromatic heterocycles. The van der Waals surface area contributed by atoms with Crippen molar-refractivity contribution in [1.29, 1.82) is 0 Å². The van der Waals surface area contributed by atoms with Gasteiger partial charge in [0.05, 0.1) is 0 Å². The van der Waals surface area contributed by atoms with E-state index in [0.717, 1.165) is 27.8 Å². The fraction of sp³-hybridized carbons (Fsp3) is 0.0488. The molecule has 0 saturated heterocycles. The van der Waals surface area contributed by atoms with E-state index in [9.17, 15) is 0 Å². The molecule has 4 heteroatoms. The Morgan fingerprint density at radius 2 is 0.800 bits per heavy atom. The fourth-order valence-electron chi connectivity index (χ4n) is 6.60. The molecule has 0 atom stereocenters. The first-order valence-corrected chi connectivity index (χ1v) is 18.4. The van der Waals surface area contributed by atoms with Crippen LogP contribution in [0.5, 0.6) is 0 Å². The van der Waals surface area contributed by atoms with E-state index >= 15 is 0 Å². The zero-order valence-corrected chi connectivity index (χ0v) is 26.3. The minimum absolute atomic E-state index is 0.659. The summed E-state index contributed by atoms with van der Waals surface area (Å²) in [6, 6.07) is 53.5. The monoisotopic (exact) mass is 593 g/mol. The zero-order chi connectivity index (χ0) is 30.4. The van der Waals surface area contributed by atoms with E-state index in [4.69, 9.17) is 15.0 Å². The summed E-state index contributed by atoms with van der Waals surface area (Å²) >= 11 is 0. The lowest BCUT2D eigenvalue weighted by molar-refractivity contribution is 1.07. The molecule has 3 nitrogen and oxygen atoms in total. The van der Waals surface area contributed by atoms with Gasteiger partial charge in [-0.1, -0.05) is 159 Å². The average molecular weight is 594 g/mol. The Hall–Kier alpha value is -5.45. The SMILES string of the molecule is C[Si]1(C)c2ccccc2-c2cc(-c3ccc(-c4ccccc4-c4nc(-c5ccccc5)nc(-c5ccccc5)n4)cc3)ccc21. The van der Waals surface area contributed by atoms with E-state index in [1.165, 1.54) is 32.6 Å². The van der Waals surface area contributed by atoms with Gasteiger partial charge in [-0.15, -0.1) is 0 Å². The summed E-state index contributed by atoms with van der Waals surface area (Å²) in [5.41, 5.74) is 10.4. The first-order valence-electron chi connectivity index (χ1n) is 15.4. The lowest BCUT2D eigenvalue weighted by Crippen LogP contribution is -2.49. The van der Waals surface area contributed by atoms with E-state index < -0.39 is 8.07 Å². The van der Waals surface area contributed by atoms with Crippen LogP contribution in [0, 0.1) is 0 Å². The minimum Gasteiger partial charge on any atom is -0.208 e. The average Bonchev–Trinajstić information content (AvgIpc) is 3.34. The van der Waals surface area contributed by atoms with Crippen LogP contribution in [0.3, 0.4) is 0 Å². The van der Waals surface area contributed by atoms with Crippen molar-refractivity contribution < 1.29 is 0 Å². The van der Waals surface area contributed by atoms with Crippen LogP contribution in [-0.2, 0) is 0 Å². The van der Waals surface area contributed by atoms with Gasteiger partial charge in [-0.05, 0) is 49.8 Å². The second-order valence-corrected chi connectivity index (χ2v) is 16.4. The van der Waals surface area contributed by atoms with E-state index in [2.05, 4.69) is 104 Å². The van der Waals surface area contributed by atoms with Gasteiger partial charge < -0.3 is 0 Å². The molecule has 0 N–H and O–H groups in total. The number of aromatic nitrogens is 3. The van der Waals surface area contributed by atoms with Gasteiger partial charge in [0.15, 0.2) is 17.5 Å². The quantitative estimate of drug-likeness (QED) is 0.187. The van der Waals surface area contributed by atoms with Gasteiger partial charge in [-0.25, -0.2) is 15.0 Å². The van der Waals surface area contributed by atoms with Gasteiger partial charge >= 0.3 is 0 Å². The predicted octanol–water partition coefficient (Wildman–Crippen LogP) is 9.01. The highest BCUT2D eigenvalue weighted by Crippen LogP contribution is 2.35. The van der Waals surface area contributed by atoms with Crippen LogP contribution in [0.2, 0.25) is 13.1 Å². The summed E-state index contributed by atoms with van der Waals surface area (Å²) in [7, 11) is -1.66. The van der Waals surface area contributed by atoms with Gasteiger partial charge in [0.1, 0.15) is 8.07 Å². The van der Waals surface area contributed by atoms with Crippen LogP contribution in [0.25, 0.3) is 67.5 Å². The summed E-state index contributed by atoms with van der Waals surface area (Å²) in [6.07, 6.45) is 0. The second-order valence-electron chi connectivity index (χ2n) is 12.1. The Labute approximate surface area is 265 Å². The highest BCUT2D eigenvalue weighted by Gasteiger charge is 2.37. The number of fused-ring (bicyclic) bond motifs is 3. The normalized spacial score (nSPS) is 12.8. The largest absolute Gasteiger partial charge is 0.208 e. The third kappa shape index (κ3) is 4.80. The molecule has 0 fully saturated rings. The molecule has 45 heavy (non-hydrogen) atoms. The summed E-state index contributed by atoms with van der Waals surface area (Å²) < 4.78 is 0. The van der Waals surface area contributed by atoms with Gasteiger partial charge in [0.2, 0.25) is 0 Å². The molecular weight excluding hydrogens is 563 g/mol. The molecule has 0 amide bonds. The molecule has 0 radical (unpaired) electrons. The van der Waals surface area contributed by atoms with Gasteiger partial charge in [0.25, 0.3) is 0 Å². The van der Waals surface area contributed by atoms with E-state index in [-0.39, 0.29) is 0 Å². The van der Waals surface area contributed by atoms with Gasteiger partial charge in [-0.2, -0.15) is 0 Å². The number of hydrogen-bond acceptors (Lipinski definition) is 3. The molecule has 0 aliphatic carbocycles. The number of rotatable bonds is 5. The predicted molar refractivity (Wildman–Crippen MR) is 189 cm³/mol. The van der Waals surface area contributed by atoms with Crippen LogP contribution >= 0.6 is 0 Å². The third-order valence-corrected chi connectivity index (χ3v) is 12.5. The lowest BCUT2D eigenvalue weighted by Gasteiger charge is -2.18. The van der Waals surface area contributed by atoms with Crippen molar-refractivity contribution in [3.8, 4) is 67.5 Å². The molecule has 0 saturated carbocycles. The van der Waals surface area contributed by atoms with E-state index in [1.54, 1.807) is 0 Å². The third-order valence-electron chi connectivity index (χ3n) is 8.98. The lowest BCUT2D eigenvalue weighted by atomic mass is 9.95. The number of nitrogens with zero attached hydrogens (tertiary/aromatic N) is 3. The number of hydrogen-bond donors (Lipinski definition) is 0. The first-order chi connectivity index (χ1) is 22.1. The highest BCUT2D eigenvalue weighted by atomic mass is 28.3. The molecule has 0 bridgehead atoms. The standard InChI is InChI=1S/C41H31N3Si/c1-45(2)37-20-12-11-18-34(37)36-27-32(25-26-38(36)45)28-21-23-29(24-22-28)33-17-9-10-19-35(33)41-43-39(30-13-5-3-6-14-30)42-40(44-41)31-15-7-4-8-16-31/h3-27H,1-2H3. The minimum atomic E-state index is -1.66. The maximum atomic E-state index is 5.00. The van der Waals surface area contributed by atoms with Crippen molar-refractivity contribution in [1.82, 2.24) is 15.0 Å². The summed E-state index contributed by atoms with van der Waals surface area (Å²) in [5, 5.41) is 3.06. The molecule has 214 valence electrons.